The van der Waals surface area contributed by atoms with E-state index in [1.807, 2.05) is 13.8 Å². The summed E-state index contributed by atoms with van der Waals surface area (Å²) >= 11 is 7.36. The van der Waals surface area contributed by atoms with E-state index in [-0.39, 0.29) is 29.2 Å². The maximum Gasteiger partial charge on any atom is 0.269 e. The molecule has 10 nitrogen and oxygen atoms in total. The summed E-state index contributed by atoms with van der Waals surface area (Å²) < 4.78 is 1.80. The molecule has 3 aromatic rings. The molecule has 1 unspecified atom stereocenters. The Bertz CT molecular complexity index is 1260. The SMILES string of the molecule is C=CCn1c(SCC(=O)Nc2ccc([N+](=O)[O-])cc2)nnc1C(NC(=O)c1ccccc1Cl)C(C)C. The minimum Gasteiger partial charge on any atom is -0.342 e. The van der Waals surface area contributed by atoms with Crippen molar-refractivity contribution in [1.29, 1.82) is 0 Å². The summed E-state index contributed by atoms with van der Waals surface area (Å²) in [7, 11) is 0. The first-order chi connectivity index (χ1) is 17.2. The fourth-order valence-electron chi connectivity index (χ4n) is 3.32. The predicted octanol–water partition coefficient (Wildman–Crippen LogP) is 4.88. The molecule has 0 saturated heterocycles. The zero-order valence-corrected chi connectivity index (χ0v) is 21.3. The average molecular weight is 529 g/mol. The standard InChI is InChI=1S/C24H25ClN6O4S/c1-4-13-30-22(21(15(2)3)27-23(33)18-7-5-6-8-19(18)25)28-29-24(30)36-14-20(32)26-16-9-11-17(12-10-16)31(34)35/h4-12,15,21H,1,13-14H2,2-3H3,(H,26,32)(H,27,33). The first-order valence-electron chi connectivity index (χ1n) is 11.0. The van der Waals surface area contributed by atoms with Crippen molar-refractivity contribution in [2.45, 2.75) is 31.6 Å². The number of nitro groups is 1. The number of carbonyl (C=O) groups is 2. The molecular formula is C24H25ClN6O4S. The number of amides is 2. The summed E-state index contributed by atoms with van der Waals surface area (Å²) in [6.07, 6.45) is 1.68. The summed E-state index contributed by atoms with van der Waals surface area (Å²) in [5, 5.41) is 25.9. The number of thioether (sulfide) groups is 1. The van der Waals surface area contributed by atoms with Crippen molar-refractivity contribution in [2.75, 3.05) is 11.1 Å². The highest BCUT2D eigenvalue weighted by molar-refractivity contribution is 7.99. The van der Waals surface area contributed by atoms with Gasteiger partial charge in [0.2, 0.25) is 5.91 Å². The van der Waals surface area contributed by atoms with Gasteiger partial charge in [-0.05, 0) is 30.2 Å². The number of nitrogens with one attached hydrogen (secondary N) is 2. The van der Waals surface area contributed by atoms with Gasteiger partial charge in [0.05, 0.1) is 27.3 Å². The molecule has 3 rings (SSSR count). The van der Waals surface area contributed by atoms with Gasteiger partial charge in [0.1, 0.15) is 0 Å². The molecule has 0 bridgehead atoms. The van der Waals surface area contributed by atoms with Gasteiger partial charge >= 0.3 is 0 Å². The lowest BCUT2D eigenvalue weighted by Crippen LogP contribution is -2.34. The largest absolute Gasteiger partial charge is 0.342 e. The maximum absolute atomic E-state index is 12.9. The minimum atomic E-state index is -0.507. The third kappa shape index (κ3) is 6.70. The van der Waals surface area contributed by atoms with Gasteiger partial charge in [0.15, 0.2) is 11.0 Å². The fourth-order valence-corrected chi connectivity index (χ4v) is 4.30. The Morgan fingerprint density at radius 1 is 1.19 bits per heavy atom. The third-order valence-electron chi connectivity index (χ3n) is 5.10. The summed E-state index contributed by atoms with van der Waals surface area (Å²) in [5.41, 5.74) is 0.743. The monoisotopic (exact) mass is 528 g/mol. The van der Waals surface area contributed by atoms with Gasteiger partial charge in [-0.2, -0.15) is 0 Å². The Labute approximate surface area is 217 Å². The number of rotatable bonds is 11. The Balaban J connectivity index is 1.73. The molecule has 0 radical (unpaired) electrons. The second kappa shape index (κ2) is 12.3. The van der Waals surface area contributed by atoms with E-state index in [0.717, 1.165) is 0 Å². The Morgan fingerprint density at radius 3 is 2.50 bits per heavy atom. The van der Waals surface area contributed by atoms with Gasteiger partial charge in [-0.25, -0.2) is 0 Å². The molecule has 2 N–H and O–H groups in total. The predicted molar refractivity (Wildman–Crippen MR) is 139 cm³/mol. The van der Waals surface area contributed by atoms with E-state index < -0.39 is 11.0 Å². The molecule has 2 aromatic carbocycles. The highest BCUT2D eigenvalue weighted by Gasteiger charge is 2.27. The lowest BCUT2D eigenvalue weighted by molar-refractivity contribution is -0.384. The van der Waals surface area contributed by atoms with Crippen LogP contribution < -0.4 is 10.6 Å². The van der Waals surface area contributed by atoms with E-state index in [1.165, 1.54) is 36.0 Å². The summed E-state index contributed by atoms with van der Waals surface area (Å²) in [6, 6.07) is 11.9. The van der Waals surface area contributed by atoms with Gasteiger partial charge in [-0.1, -0.05) is 55.4 Å². The van der Waals surface area contributed by atoms with Crippen LogP contribution in [0.5, 0.6) is 0 Å². The maximum atomic E-state index is 12.9. The lowest BCUT2D eigenvalue weighted by Gasteiger charge is -2.23. The van der Waals surface area contributed by atoms with Crippen LogP contribution >= 0.6 is 23.4 Å². The zero-order valence-electron chi connectivity index (χ0n) is 19.7. The number of anilines is 1. The van der Waals surface area contributed by atoms with Crippen LogP contribution in [0.25, 0.3) is 0 Å². The van der Waals surface area contributed by atoms with Crippen LogP contribution in [0.2, 0.25) is 5.02 Å². The van der Waals surface area contributed by atoms with E-state index in [2.05, 4.69) is 27.4 Å². The molecule has 0 spiro atoms. The smallest absolute Gasteiger partial charge is 0.269 e. The molecule has 1 aromatic heterocycles. The second-order valence-electron chi connectivity index (χ2n) is 8.06. The van der Waals surface area contributed by atoms with Gasteiger partial charge in [0, 0.05) is 24.4 Å². The van der Waals surface area contributed by atoms with Crippen LogP contribution in [0.4, 0.5) is 11.4 Å². The number of allylic oxidation sites excluding steroid dienone is 1. The molecule has 0 saturated carbocycles. The van der Waals surface area contributed by atoms with E-state index in [4.69, 9.17) is 11.6 Å². The number of aromatic nitrogens is 3. The molecule has 1 atom stereocenters. The van der Waals surface area contributed by atoms with Gasteiger partial charge in [-0.3, -0.25) is 19.7 Å². The number of nitrogens with zero attached hydrogens (tertiary/aromatic N) is 4. The Kier molecular flexibility index (Phi) is 9.20. The van der Waals surface area contributed by atoms with Crippen molar-refractivity contribution in [1.82, 2.24) is 20.1 Å². The van der Waals surface area contributed by atoms with Gasteiger partial charge < -0.3 is 15.2 Å². The summed E-state index contributed by atoms with van der Waals surface area (Å²) in [5.74, 6) is -0.0962. The molecular weight excluding hydrogens is 504 g/mol. The Morgan fingerprint density at radius 2 is 1.89 bits per heavy atom. The molecule has 12 heteroatoms. The normalized spacial score (nSPS) is 11.7. The molecule has 0 fully saturated rings. The molecule has 188 valence electrons. The molecule has 2 amide bonds. The number of non-ortho nitro benzene ring substituents is 1. The minimum absolute atomic E-state index is 0.0208. The van der Waals surface area contributed by atoms with Crippen LogP contribution in [0.15, 0.2) is 66.3 Å². The highest BCUT2D eigenvalue weighted by Crippen LogP contribution is 2.27. The van der Waals surface area contributed by atoms with E-state index in [9.17, 15) is 19.7 Å². The van der Waals surface area contributed by atoms with Crippen molar-refractivity contribution in [3.05, 3.63) is 87.7 Å². The Hall–Kier alpha value is -3.70. The first-order valence-corrected chi connectivity index (χ1v) is 12.3. The van der Waals surface area contributed by atoms with E-state index in [0.29, 0.717) is 33.8 Å². The van der Waals surface area contributed by atoms with Gasteiger partial charge in [0.25, 0.3) is 11.6 Å². The first kappa shape index (κ1) is 26.9. The summed E-state index contributed by atoms with van der Waals surface area (Å²) in [4.78, 5) is 35.6. The van der Waals surface area contributed by atoms with E-state index >= 15 is 0 Å². The number of halogens is 1. The van der Waals surface area contributed by atoms with Crippen LogP contribution in [-0.2, 0) is 11.3 Å². The molecule has 0 aliphatic carbocycles. The molecule has 36 heavy (non-hydrogen) atoms. The van der Waals surface area contributed by atoms with Crippen molar-refractivity contribution < 1.29 is 14.5 Å². The van der Waals surface area contributed by atoms with Crippen molar-refractivity contribution in [3.8, 4) is 0 Å². The van der Waals surface area contributed by atoms with E-state index in [1.54, 1.807) is 34.9 Å². The van der Waals surface area contributed by atoms with Crippen LogP contribution in [0, 0.1) is 16.0 Å². The zero-order chi connectivity index (χ0) is 26.2. The average Bonchev–Trinajstić information content (AvgIpc) is 3.23. The molecule has 0 aliphatic rings. The summed E-state index contributed by atoms with van der Waals surface area (Å²) in [6.45, 7) is 8.08. The molecule has 0 aliphatic heterocycles. The van der Waals surface area contributed by atoms with Crippen LogP contribution in [0.1, 0.15) is 36.1 Å². The quantitative estimate of drug-likeness (QED) is 0.157. The topological polar surface area (TPSA) is 132 Å². The van der Waals surface area contributed by atoms with Gasteiger partial charge in [-0.15, -0.1) is 16.8 Å². The number of carbonyl (C=O) groups excluding carboxylic acids is 2. The second-order valence-corrected chi connectivity index (χ2v) is 9.41. The number of nitro benzene ring substituents is 1. The third-order valence-corrected chi connectivity index (χ3v) is 6.40. The van der Waals surface area contributed by atoms with Crippen molar-refractivity contribution in [2.24, 2.45) is 5.92 Å². The number of hydrogen-bond donors (Lipinski definition) is 2. The fraction of sp³-hybridized carbons (Fsp3) is 0.250. The van der Waals surface area contributed by atoms with Crippen molar-refractivity contribution >= 4 is 46.6 Å². The number of benzene rings is 2. The molecule has 1 heterocycles. The lowest BCUT2D eigenvalue weighted by atomic mass is 10.0. The van der Waals surface area contributed by atoms with Crippen molar-refractivity contribution in [3.63, 3.8) is 0 Å². The van der Waals surface area contributed by atoms with Crippen LogP contribution in [-0.4, -0.2) is 37.3 Å². The van der Waals surface area contributed by atoms with Crippen LogP contribution in [0.3, 0.4) is 0 Å². The number of hydrogen-bond acceptors (Lipinski definition) is 7. The highest BCUT2D eigenvalue weighted by atomic mass is 35.5.